The number of ether oxygens (including phenoxy) is 1. The van der Waals surface area contributed by atoms with E-state index in [9.17, 15) is 18.0 Å². The van der Waals surface area contributed by atoms with Crippen molar-refractivity contribution < 1.29 is 22.7 Å². The summed E-state index contributed by atoms with van der Waals surface area (Å²) >= 11 is 5.58. The van der Waals surface area contributed by atoms with Crippen LogP contribution in [0.25, 0.3) is 0 Å². The highest BCUT2D eigenvalue weighted by Crippen LogP contribution is 2.21. The Bertz CT molecular complexity index is 423. The number of alkyl halides is 3. The highest BCUT2D eigenvalue weighted by Gasteiger charge is 2.26. The highest BCUT2D eigenvalue weighted by molar-refractivity contribution is 6.32. The molecule has 94 valence electrons. The van der Waals surface area contributed by atoms with Gasteiger partial charge in [-0.2, -0.15) is 13.2 Å². The van der Waals surface area contributed by atoms with E-state index >= 15 is 0 Å². The summed E-state index contributed by atoms with van der Waals surface area (Å²) in [7, 11) is 0. The minimum atomic E-state index is -4.29. The van der Waals surface area contributed by atoms with E-state index in [1.807, 2.05) is 0 Å². The van der Waals surface area contributed by atoms with E-state index in [0.717, 1.165) is 0 Å². The van der Waals surface area contributed by atoms with Crippen LogP contribution in [-0.2, 0) is 0 Å². The first-order valence-corrected chi connectivity index (χ1v) is 4.83. The van der Waals surface area contributed by atoms with E-state index in [-0.39, 0.29) is 16.6 Å². The Morgan fingerprint density at radius 2 is 2.12 bits per heavy atom. The fraction of sp³-hybridized carbons (Fsp3) is 0.333. The standard InChI is InChI=1S/C9H8ClF3N2O2/c10-7-5(8(14)16)1-2-6(15-7)17-4-3-9(11,12)13/h1-2H,3-4H2,(H2,14,16). The topological polar surface area (TPSA) is 65.2 Å². The maximum Gasteiger partial charge on any atom is 0.392 e. The van der Waals surface area contributed by atoms with Crippen molar-refractivity contribution in [2.45, 2.75) is 12.6 Å². The van der Waals surface area contributed by atoms with Gasteiger partial charge in [-0.3, -0.25) is 4.79 Å². The predicted octanol–water partition coefficient (Wildman–Crippen LogP) is 2.17. The third-order valence-corrected chi connectivity index (χ3v) is 2.01. The molecule has 0 aromatic carbocycles. The summed E-state index contributed by atoms with van der Waals surface area (Å²) in [6, 6.07) is 2.46. The zero-order chi connectivity index (χ0) is 13.1. The fourth-order valence-corrected chi connectivity index (χ4v) is 1.19. The van der Waals surface area contributed by atoms with Gasteiger partial charge in [-0.25, -0.2) is 4.98 Å². The van der Waals surface area contributed by atoms with E-state index in [1.165, 1.54) is 12.1 Å². The number of aromatic nitrogens is 1. The first-order chi connectivity index (χ1) is 7.79. The average molecular weight is 269 g/mol. The molecule has 2 N–H and O–H groups in total. The first-order valence-electron chi connectivity index (χ1n) is 4.45. The average Bonchev–Trinajstić information content (AvgIpc) is 2.15. The number of hydrogen-bond acceptors (Lipinski definition) is 3. The summed E-state index contributed by atoms with van der Waals surface area (Å²) in [5, 5.41) is -0.206. The van der Waals surface area contributed by atoms with Crippen LogP contribution in [0.2, 0.25) is 5.15 Å². The molecule has 0 saturated carbocycles. The summed E-state index contributed by atoms with van der Waals surface area (Å²) in [6.45, 7) is -0.567. The minimum absolute atomic E-state index is 0.0187. The molecule has 1 amide bonds. The van der Waals surface area contributed by atoms with Crippen LogP contribution < -0.4 is 10.5 Å². The number of nitrogens with zero attached hydrogens (tertiary/aromatic N) is 1. The number of carbonyl (C=O) groups excluding carboxylic acids is 1. The van der Waals surface area contributed by atoms with Gasteiger partial charge < -0.3 is 10.5 Å². The number of carbonyl (C=O) groups is 1. The van der Waals surface area contributed by atoms with Gasteiger partial charge in [0.1, 0.15) is 5.15 Å². The molecule has 0 aliphatic carbocycles. The van der Waals surface area contributed by atoms with Crippen LogP contribution in [0.15, 0.2) is 12.1 Å². The molecule has 1 aromatic rings. The van der Waals surface area contributed by atoms with Crippen molar-refractivity contribution in [2.24, 2.45) is 5.73 Å². The summed E-state index contributed by atoms with van der Waals surface area (Å²) in [4.78, 5) is 14.4. The molecule has 0 aliphatic rings. The molecule has 0 bridgehead atoms. The largest absolute Gasteiger partial charge is 0.477 e. The number of amides is 1. The van der Waals surface area contributed by atoms with Gasteiger partial charge in [0.25, 0.3) is 5.91 Å². The molecule has 4 nitrogen and oxygen atoms in total. The number of halogens is 4. The van der Waals surface area contributed by atoms with Crippen molar-refractivity contribution in [2.75, 3.05) is 6.61 Å². The van der Waals surface area contributed by atoms with Gasteiger partial charge >= 0.3 is 6.18 Å². The molecule has 17 heavy (non-hydrogen) atoms. The van der Waals surface area contributed by atoms with Gasteiger partial charge in [-0.05, 0) is 6.07 Å². The molecule has 0 fully saturated rings. The number of nitrogens with two attached hydrogens (primary N) is 1. The van der Waals surface area contributed by atoms with Crippen LogP contribution in [-0.4, -0.2) is 23.7 Å². The minimum Gasteiger partial charge on any atom is -0.477 e. The van der Waals surface area contributed by atoms with Crippen molar-refractivity contribution in [3.63, 3.8) is 0 Å². The van der Waals surface area contributed by atoms with E-state index in [2.05, 4.69) is 4.98 Å². The predicted molar refractivity (Wildman–Crippen MR) is 53.9 cm³/mol. The van der Waals surface area contributed by atoms with Crippen LogP contribution in [0.3, 0.4) is 0 Å². The Labute approximate surface area is 99.5 Å². The van der Waals surface area contributed by atoms with Crippen molar-refractivity contribution in [1.29, 1.82) is 0 Å². The number of pyridine rings is 1. The van der Waals surface area contributed by atoms with Crippen molar-refractivity contribution in [3.05, 3.63) is 22.8 Å². The lowest BCUT2D eigenvalue weighted by Gasteiger charge is -2.08. The van der Waals surface area contributed by atoms with Crippen molar-refractivity contribution in [1.82, 2.24) is 4.98 Å². The summed E-state index contributed by atoms with van der Waals surface area (Å²) in [5.74, 6) is -0.867. The Balaban J connectivity index is 2.62. The molecule has 0 spiro atoms. The molecule has 0 atom stereocenters. The second-order valence-corrected chi connectivity index (χ2v) is 3.42. The van der Waals surface area contributed by atoms with Gasteiger partial charge in [-0.15, -0.1) is 0 Å². The smallest absolute Gasteiger partial charge is 0.392 e. The lowest BCUT2D eigenvalue weighted by Crippen LogP contribution is -2.14. The first kappa shape index (κ1) is 13.6. The Kier molecular flexibility index (Phi) is 4.17. The highest BCUT2D eigenvalue weighted by atomic mass is 35.5. The molecule has 1 rings (SSSR count). The van der Waals surface area contributed by atoms with Crippen LogP contribution >= 0.6 is 11.6 Å². The molecule has 0 saturated heterocycles. The van der Waals surface area contributed by atoms with Crippen LogP contribution in [0.5, 0.6) is 5.88 Å². The van der Waals surface area contributed by atoms with Crippen molar-refractivity contribution >= 4 is 17.5 Å². The molecule has 0 unspecified atom stereocenters. The van der Waals surface area contributed by atoms with E-state index in [0.29, 0.717) is 0 Å². The van der Waals surface area contributed by atoms with Gasteiger partial charge in [-0.1, -0.05) is 11.6 Å². The van der Waals surface area contributed by atoms with Gasteiger partial charge in [0.2, 0.25) is 5.88 Å². The van der Waals surface area contributed by atoms with Gasteiger partial charge in [0.05, 0.1) is 18.6 Å². The number of hydrogen-bond donors (Lipinski definition) is 1. The maximum atomic E-state index is 11.8. The van der Waals surface area contributed by atoms with Crippen molar-refractivity contribution in [3.8, 4) is 5.88 Å². The van der Waals surface area contributed by atoms with Crippen LogP contribution in [0.4, 0.5) is 13.2 Å². The third kappa shape index (κ3) is 4.48. The monoisotopic (exact) mass is 268 g/mol. The lowest BCUT2D eigenvalue weighted by molar-refractivity contribution is -0.139. The van der Waals surface area contributed by atoms with E-state index in [1.54, 1.807) is 0 Å². The molecular formula is C9H8ClF3N2O2. The maximum absolute atomic E-state index is 11.8. The lowest BCUT2D eigenvalue weighted by atomic mass is 10.3. The molecule has 8 heteroatoms. The molecular weight excluding hydrogens is 261 g/mol. The van der Waals surface area contributed by atoms with E-state index < -0.39 is 25.1 Å². The quantitative estimate of drug-likeness (QED) is 0.851. The fourth-order valence-electron chi connectivity index (χ4n) is 0.953. The molecule has 1 aromatic heterocycles. The Hall–Kier alpha value is -1.50. The second-order valence-electron chi connectivity index (χ2n) is 3.07. The number of rotatable bonds is 4. The van der Waals surface area contributed by atoms with Gasteiger partial charge in [0.15, 0.2) is 0 Å². The Morgan fingerprint density at radius 1 is 1.47 bits per heavy atom. The molecule has 0 aliphatic heterocycles. The van der Waals surface area contributed by atoms with Crippen LogP contribution in [0, 0.1) is 0 Å². The summed E-state index contributed by atoms with van der Waals surface area (Å²) in [6.07, 6.45) is -5.39. The van der Waals surface area contributed by atoms with Crippen LogP contribution in [0.1, 0.15) is 16.8 Å². The SMILES string of the molecule is NC(=O)c1ccc(OCCC(F)(F)F)nc1Cl. The molecule has 1 heterocycles. The van der Waals surface area contributed by atoms with E-state index in [4.69, 9.17) is 22.1 Å². The zero-order valence-electron chi connectivity index (χ0n) is 8.42. The Morgan fingerprint density at radius 3 is 2.59 bits per heavy atom. The van der Waals surface area contributed by atoms with Gasteiger partial charge in [0, 0.05) is 6.07 Å². The summed E-state index contributed by atoms with van der Waals surface area (Å²) < 4.78 is 40.2. The number of primary amides is 1. The second kappa shape index (κ2) is 5.22. The molecule has 0 radical (unpaired) electrons. The summed E-state index contributed by atoms with van der Waals surface area (Å²) in [5.41, 5.74) is 4.95. The normalized spacial score (nSPS) is 11.3. The third-order valence-electron chi connectivity index (χ3n) is 1.72. The zero-order valence-corrected chi connectivity index (χ0v) is 9.18.